The van der Waals surface area contributed by atoms with Crippen LogP contribution in [0.15, 0.2) is 18.2 Å². The van der Waals surface area contributed by atoms with Gasteiger partial charge in [0.2, 0.25) is 23.4 Å². The monoisotopic (exact) mass is 378 g/mol. The third-order valence-electron chi connectivity index (χ3n) is 2.96. The molecule has 138 valence electrons. The van der Waals surface area contributed by atoms with Crippen LogP contribution in [-0.4, -0.2) is 48.7 Å². The van der Waals surface area contributed by atoms with Gasteiger partial charge in [0.05, 0.1) is 0 Å². The molecule has 0 spiro atoms. The molecular formula is C12H14N2O10S. The van der Waals surface area contributed by atoms with Gasteiger partial charge >= 0.3 is 16.4 Å². The lowest BCUT2D eigenvalue weighted by Crippen LogP contribution is -2.19. The first kappa shape index (κ1) is 18.3. The maximum atomic E-state index is 11.6. The van der Waals surface area contributed by atoms with Crippen molar-refractivity contribution in [2.24, 2.45) is 0 Å². The summed E-state index contributed by atoms with van der Waals surface area (Å²) >= 11 is 0. The molecule has 25 heavy (non-hydrogen) atoms. The van der Waals surface area contributed by atoms with Gasteiger partial charge in [0.25, 0.3) is 0 Å². The second kappa shape index (κ2) is 6.82. The number of aromatic nitrogens is 2. The summed E-state index contributed by atoms with van der Waals surface area (Å²) in [6.45, 7) is -0.134. The number of nitrogens with zero attached hydrogens (tertiary/aromatic N) is 2. The normalized spacial score (nSPS) is 11.4. The van der Waals surface area contributed by atoms with Crippen molar-refractivity contribution in [2.75, 3.05) is 0 Å². The highest BCUT2D eigenvalue weighted by Gasteiger charge is 2.20. The van der Waals surface area contributed by atoms with Crippen molar-refractivity contribution in [1.29, 1.82) is 0 Å². The molecule has 0 saturated carbocycles. The number of rotatable bonds is 7. The fraction of sp³-hybridized carbons (Fsp3) is 0.250. The van der Waals surface area contributed by atoms with E-state index in [1.807, 2.05) is 0 Å². The minimum absolute atomic E-state index is 0.0305. The van der Waals surface area contributed by atoms with Crippen molar-refractivity contribution in [2.45, 2.75) is 19.4 Å². The molecule has 13 heteroatoms. The first-order valence-electron chi connectivity index (χ1n) is 6.67. The summed E-state index contributed by atoms with van der Waals surface area (Å²) in [5.74, 6) is -3.83. The summed E-state index contributed by atoms with van der Waals surface area (Å²) in [5.41, 5.74) is 0. The lowest BCUT2D eigenvalue weighted by atomic mass is 10.3. The topological polar surface area (TPSA) is 181 Å². The van der Waals surface area contributed by atoms with Gasteiger partial charge in [0.1, 0.15) is 0 Å². The van der Waals surface area contributed by atoms with Crippen LogP contribution in [0.5, 0.6) is 29.3 Å². The molecule has 0 amide bonds. The lowest BCUT2D eigenvalue weighted by molar-refractivity contribution is -0.145. The van der Waals surface area contributed by atoms with E-state index in [1.54, 1.807) is 0 Å². The predicted molar refractivity (Wildman–Crippen MR) is 78.5 cm³/mol. The Hall–Kier alpha value is -3.06. The SMILES string of the molecule is O=C(CCCn1c(O)cc(OS(=O)(=O)O)c1O)On1c(O)ccc1O. The Morgan fingerprint density at radius 3 is 2.24 bits per heavy atom. The molecule has 2 aromatic heterocycles. The van der Waals surface area contributed by atoms with Crippen LogP contribution in [0.1, 0.15) is 12.8 Å². The van der Waals surface area contributed by atoms with Crippen molar-refractivity contribution < 1.29 is 47.2 Å². The molecule has 2 aromatic rings. The second-order valence-electron chi connectivity index (χ2n) is 4.76. The Bertz CT molecular complexity index is 863. The van der Waals surface area contributed by atoms with E-state index in [9.17, 15) is 33.6 Å². The van der Waals surface area contributed by atoms with E-state index in [2.05, 4.69) is 4.18 Å². The van der Waals surface area contributed by atoms with E-state index in [4.69, 9.17) is 9.39 Å². The third-order valence-corrected chi connectivity index (χ3v) is 3.35. The van der Waals surface area contributed by atoms with Gasteiger partial charge in [-0.25, -0.2) is 4.79 Å². The highest BCUT2D eigenvalue weighted by Crippen LogP contribution is 2.35. The highest BCUT2D eigenvalue weighted by atomic mass is 32.3. The van der Waals surface area contributed by atoms with Gasteiger partial charge in [-0.2, -0.15) is 8.42 Å². The molecule has 0 aliphatic carbocycles. The van der Waals surface area contributed by atoms with Crippen LogP contribution < -0.4 is 9.02 Å². The number of carbonyl (C=O) groups excluding carboxylic acids is 1. The Labute approximate surface area is 140 Å². The van der Waals surface area contributed by atoms with Crippen molar-refractivity contribution in [3.63, 3.8) is 0 Å². The third kappa shape index (κ3) is 4.48. The molecule has 12 nitrogen and oxygen atoms in total. The fourth-order valence-corrected chi connectivity index (χ4v) is 2.27. The zero-order valence-corrected chi connectivity index (χ0v) is 13.2. The zero-order chi connectivity index (χ0) is 18.8. The molecule has 0 atom stereocenters. The van der Waals surface area contributed by atoms with Gasteiger partial charge in [-0.15, -0.1) is 4.73 Å². The summed E-state index contributed by atoms with van der Waals surface area (Å²) in [5, 5.41) is 38.0. The highest BCUT2D eigenvalue weighted by molar-refractivity contribution is 7.81. The molecule has 0 aliphatic rings. The number of hydrogen-bond acceptors (Lipinski definition) is 9. The van der Waals surface area contributed by atoms with Crippen LogP contribution in [0, 0.1) is 0 Å². The molecule has 0 bridgehead atoms. The summed E-state index contributed by atoms with van der Waals surface area (Å²) in [6, 6.07) is 2.97. The smallest absolute Gasteiger partial charge is 0.446 e. The Kier molecular flexibility index (Phi) is 4.99. The molecule has 2 rings (SSSR count). The van der Waals surface area contributed by atoms with E-state index in [0.717, 1.165) is 22.8 Å². The maximum Gasteiger partial charge on any atom is 0.446 e. The molecule has 0 aliphatic heterocycles. The van der Waals surface area contributed by atoms with Crippen LogP contribution in [-0.2, 0) is 21.7 Å². The van der Waals surface area contributed by atoms with Crippen LogP contribution >= 0.6 is 0 Å². The standard InChI is InChI=1S/C12H14N2O10S/c15-8-3-4-9(16)14(8)23-11(18)2-1-5-13-10(17)6-7(12(13)19)24-25(20,21)22/h3-4,6,15-17,19H,1-2,5H2,(H,20,21,22). The molecule has 0 saturated heterocycles. The summed E-state index contributed by atoms with van der Waals surface area (Å²) in [4.78, 5) is 16.3. The number of hydrogen-bond donors (Lipinski definition) is 5. The van der Waals surface area contributed by atoms with Gasteiger partial charge < -0.3 is 29.4 Å². The maximum absolute atomic E-state index is 11.6. The minimum Gasteiger partial charge on any atom is -0.494 e. The summed E-state index contributed by atoms with van der Waals surface area (Å²) in [6.07, 6.45) is -0.203. The van der Waals surface area contributed by atoms with Crippen LogP contribution in [0.2, 0.25) is 0 Å². The van der Waals surface area contributed by atoms with E-state index in [-0.39, 0.29) is 19.4 Å². The molecule has 2 heterocycles. The minimum atomic E-state index is -4.88. The number of carbonyl (C=O) groups is 1. The molecule has 0 radical (unpaired) electrons. The largest absolute Gasteiger partial charge is 0.494 e. The van der Waals surface area contributed by atoms with Gasteiger partial charge in [0.15, 0.2) is 5.88 Å². The Balaban J connectivity index is 1.95. The van der Waals surface area contributed by atoms with Crippen LogP contribution in [0.25, 0.3) is 0 Å². The van der Waals surface area contributed by atoms with Crippen molar-refractivity contribution in [3.8, 4) is 29.3 Å². The van der Waals surface area contributed by atoms with Gasteiger partial charge in [-0.1, -0.05) is 0 Å². The van der Waals surface area contributed by atoms with E-state index < -0.39 is 45.6 Å². The van der Waals surface area contributed by atoms with Crippen molar-refractivity contribution in [3.05, 3.63) is 18.2 Å². The van der Waals surface area contributed by atoms with Gasteiger partial charge in [0, 0.05) is 31.2 Å². The first-order chi connectivity index (χ1) is 11.6. The average Bonchev–Trinajstić information content (AvgIpc) is 2.93. The first-order valence-corrected chi connectivity index (χ1v) is 8.04. The number of aromatic hydroxyl groups is 4. The lowest BCUT2D eigenvalue weighted by Gasteiger charge is -2.08. The molecule has 0 fully saturated rings. The van der Waals surface area contributed by atoms with E-state index >= 15 is 0 Å². The molecular weight excluding hydrogens is 364 g/mol. The molecule has 0 aromatic carbocycles. The van der Waals surface area contributed by atoms with Crippen LogP contribution in [0.3, 0.4) is 0 Å². The van der Waals surface area contributed by atoms with Crippen molar-refractivity contribution >= 4 is 16.4 Å². The fourth-order valence-electron chi connectivity index (χ4n) is 1.92. The summed E-state index contributed by atoms with van der Waals surface area (Å²) in [7, 11) is -4.88. The average molecular weight is 378 g/mol. The summed E-state index contributed by atoms with van der Waals surface area (Å²) < 4.78 is 35.2. The van der Waals surface area contributed by atoms with Crippen molar-refractivity contribution in [1.82, 2.24) is 9.30 Å². The van der Waals surface area contributed by atoms with E-state index in [0.29, 0.717) is 4.73 Å². The van der Waals surface area contributed by atoms with Crippen LogP contribution in [0.4, 0.5) is 0 Å². The Morgan fingerprint density at radius 1 is 1.08 bits per heavy atom. The molecule has 5 N–H and O–H groups in total. The molecule has 0 unspecified atom stereocenters. The predicted octanol–water partition coefficient (Wildman–Crippen LogP) is -0.271. The van der Waals surface area contributed by atoms with E-state index in [1.165, 1.54) is 0 Å². The van der Waals surface area contributed by atoms with Gasteiger partial charge in [-0.05, 0) is 6.42 Å². The zero-order valence-electron chi connectivity index (χ0n) is 12.4. The Morgan fingerprint density at radius 2 is 1.68 bits per heavy atom. The van der Waals surface area contributed by atoms with Gasteiger partial charge in [-0.3, -0.25) is 9.12 Å². The quantitative estimate of drug-likeness (QED) is 0.402. The second-order valence-corrected chi connectivity index (χ2v) is 5.79.